The molecule has 0 radical (unpaired) electrons. The van der Waals surface area contributed by atoms with Crippen molar-refractivity contribution in [3.05, 3.63) is 29.8 Å². The van der Waals surface area contributed by atoms with Gasteiger partial charge in [0.05, 0.1) is 5.56 Å². The van der Waals surface area contributed by atoms with E-state index < -0.39 is 10.8 Å². The topological polar surface area (TPSA) is 84.7 Å². The van der Waals surface area contributed by atoms with Crippen LogP contribution in [0.25, 0.3) is 0 Å². The van der Waals surface area contributed by atoms with Gasteiger partial charge >= 0.3 is 0 Å². The van der Waals surface area contributed by atoms with Gasteiger partial charge in [0.15, 0.2) is 0 Å². The second-order valence-corrected chi connectivity index (χ2v) is 6.20. The van der Waals surface area contributed by atoms with Crippen LogP contribution in [-0.2, 0) is 10.8 Å². The number of para-hydroxylation sites is 1. The zero-order chi connectivity index (χ0) is 14.4. The van der Waals surface area contributed by atoms with Crippen LogP contribution in [0.1, 0.15) is 10.4 Å². The highest BCUT2D eigenvalue weighted by Crippen LogP contribution is 2.17. The smallest absolute Gasteiger partial charge is 0.268 e. The molecule has 0 saturated carbocycles. The molecule has 0 aromatic heterocycles. The molecule has 1 heterocycles. The van der Waals surface area contributed by atoms with Gasteiger partial charge in [0, 0.05) is 41.9 Å². The maximum absolute atomic E-state index is 11.6. The number of nitrogens with one attached hydrogen (secondary N) is 1. The Balaban J connectivity index is 1.85. The van der Waals surface area contributed by atoms with Crippen molar-refractivity contribution < 1.29 is 13.7 Å². The standard InChI is InChI=1S/C13H19N3O3S/c14-15-13(17)11-3-1-2-4-12(11)19-8-5-16-6-9-20(18)10-7-16/h1-4H,5-10,14H2,(H,15,17). The second kappa shape index (κ2) is 7.37. The molecule has 20 heavy (non-hydrogen) atoms. The van der Waals surface area contributed by atoms with Crippen molar-refractivity contribution in [1.29, 1.82) is 0 Å². The van der Waals surface area contributed by atoms with Gasteiger partial charge in [-0.1, -0.05) is 12.1 Å². The van der Waals surface area contributed by atoms with Gasteiger partial charge in [0.25, 0.3) is 5.91 Å². The van der Waals surface area contributed by atoms with Crippen LogP contribution in [0.3, 0.4) is 0 Å². The minimum atomic E-state index is -0.663. The summed E-state index contributed by atoms with van der Waals surface area (Å²) in [4.78, 5) is 13.8. The lowest BCUT2D eigenvalue weighted by molar-refractivity contribution is 0.0949. The number of amides is 1. The molecular weight excluding hydrogens is 278 g/mol. The molecule has 0 unspecified atom stereocenters. The van der Waals surface area contributed by atoms with E-state index in [1.807, 2.05) is 6.07 Å². The van der Waals surface area contributed by atoms with Crippen molar-refractivity contribution >= 4 is 16.7 Å². The lowest BCUT2D eigenvalue weighted by Gasteiger charge is -2.25. The summed E-state index contributed by atoms with van der Waals surface area (Å²) in [5.41, 5.74) is 2.53. The number of hydrogen-bond donors (Lipinski definition) is 2. The predicted octanol–water partition coefficient (Wildman–Crippen LogP) is -0.267. The molecule has 0 bridgehead atoms. The molecule has 1 fully saturated rings. The van der Waals surface area contributed by atoms with E-state index in [1.165, 1.54) is 0 Å². The average molecular weight is 297 g/mol. The van der Waals surface area contributed by atoms with E-state index in [4.69, 9.17) is 10.6 Å². The minimum Gasteiger partial charge on any atom is -0.491 e. The molecule has 1 aliphatic rings. The number of nitrogen functional groups attached to an aromatic ring is 1. The molecule has 7 heteroatoms. The van der Waals surface area contributed by atoms with E-state index in [0.717, 1.165) is 31.1 Å². The van der Waals surface area contributed by atoms with Crippen LogP contribution in [0.2, 0.25) is 0 Å². The Morgan fingerprint density at radius 2 is 2.05 bits per heavy atom. The van der Waals surface area contributed by atoms with Crippen LogP contribution >= 0.6 is 0 Å². The summed E-state index contributed by atoms with van der Waals surface area (Å²) in [5, 5.41) is 0. The summed E-state index contributed by atoms with van der Waals surface area (Å²) in [7, 11) is -0.663. The highest BCUT2D eigenvalue weighted by atomic mass is 32.2. The Morgan fingerprint density at radius 1 is 1.35 bits per heavy atom. The van der Waals surface area contributed by atoms with Crippen LogP contribution in [0.15, 0.2) is 24.3 Å². The first-order chi connectivity index (χ1) is 9.70. The molecule has 1 aromatic rings. The van der Waals surface area contributed by atoms with Crippen molar-refractivity contribution in [2.45, 2.75) is 0 Å². The molecule has 1 amide bonds. The Morgan fingerprint density at radius 3 is 2.75 bits per heavy atom. The Labute approximate surface area is 120 Å². The van der Waals surface area contributed by atoms with Crippen molar-refractivity contribution in [3.8, 4) is 5.75 Å². The Bertz CT molecular complexity index is 486. The third-order valence-electron chi connectivity index (χ3n) is 3.20. The Hall–Kier alpha value is -1.44. The molecule has 0 spiro atoms. The van der Waals surface area contributed by atoms with Crippen LogP contribution in [-0.4, -0.2) is 52.8 Å². The van der Waals surface area contributed by atoms with Gasteiger partial charge in [0.1, 0.15) is 12.4 Å². The summed E-state index contributed by atoms with van der Waals surface area (Å²) in [6, 6.07) is 6.99. The van der Waals surface area contributed by atoms with Crippen molar-refractivity contribution in [2.75, 3.05) is 37.7 Å². The fourth-order valence-electron chi connectivity index (χ4n) is 2.04. The average Bonchev–Trinajstić information content (AvgIpc) is 2.49. The third kappa shape index (κ3) is 4.03. The van der Waals surface area contributed by atoms with Gasteiger partial charge in [-0.2, -0.15) is 0 Å². The van der Waals surface area contributed by atoms with Gasteiger partial charge in [-0.05, 0) is 12.1 Å². The van der Waals surface area contributed by atoms with E-state index in [1.54, 1.807) is 18.2 Å². The lowest BCUT2D eigenvalue weighted by atomic mass is 10.2. The maximum atomic E-state index is 11.6. The molecule has 1 saturated heterocycles. The van der Waals surface area contributed by atoms with Crippen molar-refractivity contribution in [3.63, 3.8) is 0 Å². The summed E-state index contributed by atoms with van der Waals surface area (Å²) in [6.45, 7) is 2.92. The Kier molecular flexibility index (Phi) is 5.51. The van der Waals surface area contributed by atoms with Crippen LogP contribution < -0.4 is 16.0 Å². The molecular formula is C13H19N3O3S. The number of hydrogen-bond acceptors (Lipinski definition) is 5. The summed E-state index contributed by atoms with van der Waals surface area (Å²) in [6.07, 6.45) is 0. The number of carbonyl (C=O) groups excluding carboxylic acids is 1. The van der Waals surface area contributed by atoms with Crippen LogP contribution in [0.5, 0.6) is 5.75 Å². The van der Waals surface area contributed by atoms with Crippen LogP contribution in [0.4, 0.5) is 0 Å². The van der Waals surface area contributed by atoms with Gasteiger partial charge < -0.3 is 4.74 Å². The second-order valence-electron chi connectivity index (χ2n) is 4.51. The highest BCUT2D eigenvalue weighted by molar-refractivity contribution is 7.85. The van der Waals surface area contributed by atoms with Crippen molar-refractivity contribution in [1.82, 2.24) is 10.3 Å². The van der Waals surface area contributed by atoms with E-state index in [-0.39, 0.29) is 5.91 Å². The zero-order valence-electron chi connectivity index (χ0n) is 11.2. The van der Waals surface area contributed by atoms with E-state index in [9.17, 15) is 9.00 Å². The number of ether oxygens (including phenoxy) is 1. The first-order valence-electron chi connectivity index (χ1n) is 6.51. The fourth-order valence-corrected chi connectivity index (χ4v) is 3.17. The number of rotatable bonds is 5. The van der Waals surface area contributed by atoms with Gasteiger partial charge in [0.2, 0.25) is 0 Å². The lowest BCUT2D eigenvalue weighted by Crippen LogP contribution is -2.40. The molecule has 1 aliphatic heterocycles. The summed E-state index contributed by atoms with van der Waals surface area (Å²) >= 11 is 0. The van der Waals surface area contributed by atoms with Crippen LogP contribution in [0, 0.1) is 0 Å². The van der Waals surface area contributed by atoms with Gasteiger partial charge in [-0.3, -0.25) is 19.3 Å². The van der Waals surface area contributed by atoms with Crippen molar-refractivity contribution in [2.24, 2.45) is 5.84 Å². The van der Waals surface area contributed by atoms with E-state index >= 15 is 0 Å². The molecule has 110 valence electrons. The summed E-state index contributed by atoms with van der Waals surface area (Å²) in [5.74, 6) is 6.75. The quantitative estimate of drug-likeness (QED) is 0.444. The molecule has 3 N–H and O–H groups in total. The highest BCUT2D eigenvalue weighted by Gasteiger charge is 2.15. The monoisotopic (exact) mass is 297 g/mol. The fraction of sp³-hybridized carbons (Fsp3) is 0.462. The molecule has 6 nitrogen and oxygen atoms in total. The molecule has 0 atom stereocenters. The first-order valence-corrected chi connectivity index (χ1v) is 7.99. The number of carbonyl (C=O) groups is 1. The van der Waals surface area contributed by atoms with E-state index in [0.29, 0.717) is 17.9 Å². The minimum absolute atomic E-state index is 0.367. The zero-order valence-corrected chi connectivity index (χ0v) is 12.0. The largest absolute Gasteiger partial charge is 0.491 e. The third-order valence-corrected chi connectivity index (χ3v) is 4.47. The number of hydrazine groups is 1. The predicted molar refractivity (Wildman–Crippen MR) is 77.9 cm³/mol. The van der Waals surface area contributed by atoms with Gasteiger partial charge in [-0.15, -0.1) is 0 Å². The molecule has 2 rings (SSSR count). The first kappa shape index (κ1) is 15.0. The van der Waals surface area contributed by atoms with E-state index in [2.05, 4.69) is 10.3 Å². The summed E-state index contributed by atoms with van der Waals surface area (Å²) < 4.78 is 16.9. The number of nitrogens with two attached hydrogens (primary N) is 1. The van der Waals surface area contributed by atoms with Gasteiger partial charge in [-0.25, -0.2) is 5.84 Å². The normalized spacial score (nSPS) is 16.9. The molecule has 0 aliphatic carbocycles. The SMILES string of the molecule is NNC(=O)c1ccccc1OCCN1CCS(=O)CC1. The number of nitrogens with zero attached hydrogens (tertiary/aromatic N) is 1. The maximum Gasteiger partial charge on any atom is 0.268 e. The number of benzene rings is 1. The molecule has 1 aromatic carbocycles.